The van der Waals surface area contributed by atoms with Crippen LogP contribution in [0.2, 0.25) is 0 Å². The van der Waals surface area contributed by atoms with Gasteiger partial charge < -0.3 is 14.8 Å². The summed E-state index contributed by atoms with van der Waals surface area (Å²) in [6.07, 6.45) is 0.650. The zero-order chi connectivity index (χ0) is 26.7. The maximum absolute atomic E-state index is 12.9. The number of benzene rings is 3. The predicted molar refractivity (Wildman–Crippen MR) is 138 cm³/mol. The highest BCUT2D eigenvalue weighted by molar-refractivity contribution is 5.92. The lowest BCUT2D eigenvalue weighted by Gasteiger charge is -2.29. The number of carbonyl (C=O) groups excluding carboxylic acids is 4. The Morgan fingerprint density at radius 1 is 1.03 bits per heavy atom. The van der Waals surface area contributed by atoms with Crippen LogP contribution in [0.1, 0.15) is 23.1 Å². The Morgan fingerprint density at radius 2 is 1.76 bits per heavy atom. The van der Waals surface area contributed by atoms with Crippen molar-refractivity contribution in [3.8, 4) is 5.75 Å². The monoisotopic (exact) mass is 515 g/mol. The van der Waals surface area contributed by atoms with Crippen LogP contribution in [0.3, 0.4) is 0 Å². The SMILES string of the molecule is O=CNN1c2ccccc2CNC(=O)C1CC(=O)Oc1ccccc1C=NNC(=O)OCc1ccccc1. The molecule has 0 aliphatic carbocycles. The van der Waals surface area contributed by atoms with Crippen molar-refractivity contribution in [1.29, 1.82) is 0 Å². The Balaban J connectivity index is 1.39. The van der Waals surface area contributed by atoms with Gasteiger partial charge in [-0.1, -0.05) is 60.7 Å². The number of hydrogen-bond acceptors (Lipinski definition) is 8. The lowest BCUT2D eigenvalue weighted by atomic mass is 10.1. The molecule has 1 aliphatic rings. The molecule has 4 rings (SSSR count). The van der Waals surface area contributed by atoms with Gasteiger partial charge in [0.25, 0.3) is 0 Å². The summed E-state index contributed by atoms with van der Waals surface area (Å²) < 4.78 is 10.6. The van der Waals surface area contributed by atoms with Gasteiger partial charge in [-0.3, -0.25) is 24.8 Å². The van der Waals surface area contributed by atoms with Gasteiger partial charge in [-0.25, -0.2) is 10.2 Å². The quantitative estimate of drug-likeness (QED) is 0.131. The first-order valence-corrected chi connectivity index (χ1v) is 11.7. The molecule has 0 saturated carbocycles. The van der Waals surface area contributed by atoms with Crippen LogP contribution in [0, 0.1) is 0 Å². The number of hydrogen-bond donors (Lipinski definition) is 3. The van der Waals surface area contributed by atoms with Crippen LogP contribution in [-0.4, -0.2) is 36.6 Å². The molecule has 3 N–H and O–H groups in total. The van der Waals surface area contributed by atoms with Crippen molar-refractivity contribution < 1.29 is 28.7 Å². The third-order valence-corrected chi connectivity index (χ3v) is 5.59. The second-order valence-electron chi connectivity index (χ2n) is 8.13. The molecule has 3 aromatic rings. The number of anilines is 1. The minimum absolute atomic E-state index is 0.0889. The summed E-state index contributed by atoms with van der Waals surface area (Å²) >= 11 is 0. The fourth-order valence-corrected chi connectivity index (χ4v) is 3.79. The van der Waals surface area contributed by atoms with Crippen molar-refractivity contribution in [3.05, 3.63) is 95.6 Å². The van der Waals surface area contributed by atoms with Gasteiger partial charge in [0.1, 0.15) is 18.4 Å². The summed E-state index contributed by atoms with van der Waals surface area (Å²) in [5.41, 5.74) is 7.38. The number of fused-ring (bicyclic) bond motifs is 1. The van der Waals surface area contributed by atoms with Gasteiger partial charge in [-0.15, -0.1) is 0 Å². The van der Waals surface area contributed by atoms with Crippen molar-refractivity contribution in [3.63, 3.8) is 0 Å². The first kappa shape index (κ1) is 25.9. The number of para-hydroxylation sites is 2. The lowest BCUT2D eigenvalue weighted by molar-refractivity contribution is -0.137. The molecule has 1 atom stereocenters. The van der Waals surface area contributed by atoms with Crippen LogP contribution < -0.4 is 25.9 Å². The molecular weight excluding hydrogens is 490 g/mol. The number of ether oxygens (including phenoxy) is 2. The number of nitrogens with one attached hydrogen (secondary N) is 3. The molecule has 1 heterocycles. The van der Waals surface area contributed by atoms with Crippen LogP contribution in [-0.2, 0) is 32.3 Å². The summed E-state index contributed by atoms with van der Waals surface area (Å²) in [6, 6.07) is 21.8. The minimum Gasteiger partial charge on any atom is -0.443 e. The topological polar surface area (TPSA) is 138 Å². The van der Waals surface area contributed by atoms with Gasteiger partial charge in [0, 0.05) is 12.1 Å². The average molecular weight is 516 g/mol. The summed E-state index contributed by atoms with van der Waals surface area (Å²) in [4.78, 5) is 48.8. The average Bonchev–Trinajstić information content (AvgIpc) is 3.06. The van der Waals surface area contributed by atoms with Gasteiger partial charge in [0.05, 0.1) is 18.3 Å². The highest BCUT2D eigenvalue weighted by Crippen LogP contribution is 2.25. The number of amides is 3. The van der Waals surface area contributed by atoms with Gasteiger partial charge in [0.15, 0.2) is 0 Å². The number of rotatable bonds is 9. The molecular formula is C27H25N5O6. The molecule has 0 radical (unpaired) electrons. The Hall–Kier alpha value is -5.19. The molecule has 38 heavy (non-hydrogen) atoms. The second-order valence-corrected chi connectivity index (χ2v) is 8.13. The first-order chi connectivity index (χ1) is 18.5. The predicted octanol–water partition coefficient (Wildman–Crippen LogP) is 2.41. The van der Waals surface area contributed by atoms with Crippen molar-refractivity contribution in [1.82, 2.24) is 16.2 Å². The first-order valence-electron chi connectivity index (χ1n) is 11.7. The van der Waals surface area contributed by atoms with E-state index in [-0.39, 0.29) is 25.3 Å². The summed E-state index contributed by atoms with van der Waals surface area (Å²) in [6.45, 7) is 0.337. The molecule has 11 heteroatoms. The molecule has 0 bridgehead atoms. The van der Waals surface area contributed by atoms with E-state index in [1.165, 1.54) is 11.2 Å². The fraction of sp³-hybridized carbons (Fsp3) is 0.148. The van der Waals surface area contributed by atoms with Gasteiger partial charge >= 0.3 is 12.1 Å². The molecule has 0 aromatic heterocycles. The molecule has 11 nitrogen and oxygen atoms in total. The number of carbonyl (C=O) groups is 4. The van der Waals surface area contributed by atoms with E-state index in [0.29, 0.717) is 17.7 Å². The summed E-state index contributed by atoms with van der Waals surface area (Å²) in [7, 11) is 0. The fourth-order valence-electron chi connectivity index (χ4n) is 3.79. The van der Waals surface area contributed by atoms with E-state index in [0.717, 1.165) is 11.1 Å². The molecule has 0 fully saturated rings. The molecule has 194 valence electrons. The van der Waals surface area contributed by atoms with E-state index in [9.17, 15) is 19.2 Å². The minimum atomic E-state index is -1.04. The van der Waals surface area contributed by atoms with Crippen molar-refractivity contribution in [2.75, 3.05) is 5.01 Å². The van der Waals surface area contributed by atoms with Crippen LogP contribution in [0.5, 0.6) is 5.75 Å². The number of esters is 1. The molecule has 0 saturated heterocycles. The normalized spacial score (nSPS) is 14.6. The van der Waals surface area contributed by atoms with E-state index < -0.39 is 24.0 Å². The summed E-state index contributed by atoms with van der Waals surface area (Å²) in [5, 5.41) is 7.97. The van der Waals surface area contributed by atoms with Crippen molar-refractivity contribution in [2.45, 2.75) is 25.6 Å². The van der Waals surface area contributed by atoms with Gasteiger partial charge in [0.2, 0.25) is 12.3 Å². The maximum Gasteiger partial charge on any atom is 0.428 e. The standard InChI is InChI=1S/C27H25N5O6/c33-18-30-32-22-12-6-4-10-20(22)15-28-26(35)23(32)14-25(34)38-24-13-7-5-11-21(24)16-29-31-27(36)37-17-19-8-2-1-3-9-19/h1-13,16,18,23H,14-15,17H2,(H,28,35)(H,30,33)(H,31,36). The zero-order valence-electron chi connectivity index (χ0n) is 20.2. The Bertz CT molecular complexity index is 1330. The van der Waals surface area contributed by atoms with Gasteiger partial charge in [-0.2, -0.15) is 5.10 Å². The highest BCUT2D eigenvalue weighted by Gasteiger charge is 2.33. The Labute approximate surface area is 218 Å². The van der Waals surface area contributed by atoms with Crippen molar-refractivity contribution in [2.24, 2.45) is 5.10 Å². The zero-order valence-corrected chi connectivity index (χ0v) is 20.2. The van der Waals surface area contributed by atoms with E-state index in [1.807, 2.05) is 42.5 Å². The van der Waals surface area contributed by atoms with Crippen LogP contribution in [0.15, 0.2) is 84.0 Å². The smallest absolute Gasteiger partial charge is 0.428 e. The van der Waals surface area contributed by atoms with E-state index in [2.05, 4.69) is 21.3 Å². The molecule has 1 aliphatic heterocycles. The maximum atomic E-state index is 12.9. The number of hydrazone groups is 1. The Morgan fingerprint density at radius 3 is 2.58 bits per heavy atom. The van der Waals surface area contributed by atoms with Crippen LogP contribution in [0.25, 0.3) is 0 Å². The molecule has 0 spiro atoms. The third kappa shape index (κ3) is 6.72. The molecule has 1 unspecified atom stereocenters. The summed E-state index contributed by atoms with van der Waals surface area (Å²) in [5.74, 6) is -0.982. The van der Waals surface area contributed by atoms with Gasteiger partial charge in [-0.05, 0) is 29.3 Å². The Kier molecular flexibility index (Phi) is 8.64. The largest absolute Gasteiger partial charge is 0.443 e. The third-order valence-electron chi connectivity index (χ3n) is 5.59. The number of hydrazine groups is 1. The van der Waals surface area contributed by atoms with E-state index in [4.69, 9.17) is 9.47 Å². The highest BCUT2D eigenvalue weighted by atomic mass is 16.6. The van der Waals surface area contributed by atoms with E-state index in [1.54, 1.807) is 36.4 Å². The van der Waals surface area contributed by atoms with Crippen molar-refractivity contribution >= 4 is 36.3 Å². The lowest BCUT2D eigenvalue weighted by Crippen LogP contribution is -2.52. The second kappa shape index (κ2) is 12.7. The van der Waals surface area contributed by atoms with Crippen LogP contribution >= 0.6 is 0 Å². The van der Waals surface area contributed by atoms with E-state index >= 15 is 0 Å². The number of nitrogens with zero attached hydrogens (tertiary/aromatic N) is 2. The van der Waals surface area contributed by atoms with Crippen LogP contribution in [0.4, 0.5) is 10.5 Å². The molecule has 3 aromatic carbocycles. The molecule has 3 amide bonds.